The highest BCUT2D eigenvalue weighted by atomic mass is 35.5. The average molecular weight is 298 g/mol. The van der Waals surface area contributed by atoms with Gasteiger partial charge in [0.05, 0.1) is 11.3 Å². The summed E-state index contributed by atoms with van der Waals surface area (Å²) in [5.74, 6) is -1.48. The van der Waals surface area contributed by atoms with Crippen LogP contribution in [0.2, 0.25) is 5.02 Å². The second-order valence-corrected chi connectivity index (χ2v) is 5.19. The lowest BCUT2D eigenvalue weighted by Gasteiger charge is -2.04. The molecule has 0 aliphatic carbocycles. The summed E-state index contributed by atoms with van der Waals surface area (Å²) in [7, 11) is 0. The van der Waals surface area contributed by atoms with Gasteiger partial charge in [-0.3, -0.25) is 4.98 Å². The van der Waals surface area contributed by atoms with E-state index in [0.29, 0.717) is 15.7 Å². The number of rotatable bonds is 4. The van der Waals surface area contributed by atoms with Crippen molar-refractivity contribution in [3.05, 3.63) is 58.6 Å². The zero-order valence-electron chi connectivity index (χ0n) is 9.64. The summed E-state index contributed by atoms with van der Waals surface area (Å²) < 4.78 is 13.2. The smallest absolute Gasteiger partial charge is 0.338 e. The molecule has 0 bridgehead atoms. The van der Waals surface area contributed by atoms with E-state index >= 15 is 0 Å². The summed E-state index contributed by atoms with van der Waals surface area (Å²) in [6.07, 6.45) is 1.60. The van der Waals surface area contributed by atoms with Crippen molar-refractivity contribution in [2.24, 2.45) is 0 Å². The van der Waals surface area contributed by atoms with Crippen LogP contribution in [0.1, 0.15) is 16.1 Å². The van der Waals surface area contributed by atoms with Gasteiger partial charge in [0.15, 0.2) is 0 Å². The topological polar surface area (TPSA) is 50.2 Å². The van der Waals surface area contributed by atoms with Crippen molar-refractivity contribution in [1.82, 2.24) is 4.98 Å². The molecule has 0 saturated heterocycles. The molecule has 0 spiro atoms. The quantitative estimate of drug-likeness (QED) is 0.871. The maximum Gasteiger partial charge on any atom is 0.338 e. The van der Waals surface area contributed by atoms with Crippen LogP contribution >= 0.6 is 23.4 Å². The number of hydrogen-bond donors (Lipinski definition) is 1. The van der Waals surface area contributed by atoms with Crippen molar-refractivity contribution in [3.8, 4) is 0 Å². The summed E-state index contributed by atoms with van der Waals surface area (Å²) in [5.41, 5.74) is 0.447. The summed E-state index contributed by atoms with van der Waals surface area (Å²) >= 11 is 7.21. The van der Waals surface area contributed by atoms with Gasteiger partial charge in [0, 0.05) is 21.9 Å². The first-order valence-electron chi connectivity index (χ1n) is 5.32. The maximum atomic E-state index is 13.2. The molecule has 0 aliphatic heterocycles. The van der Waals surface area contributed by atoms with Gasteiger partial charge in [-0.2, -0.15) is 0 Å². The molecule has 3 nitrogen and oxygen atoms in total. The molecule has 1 aromatic heterocycles. The number of aromatic nitrogens is 1. The zero-order chi connectivity index (χ0) is 13.8. The molecule has 1 heterocycles. The molecular formula is C13H9ClFNO2S. The fourth-order valence-electron chi connectivity index (χ4n) is 1.44. The molecule has 0 saturated carbocycles. The normalized spacial score (nSPS) is 10.4. The van der Waals surface area contributed by atoms with Crippen molar-refractivity contribution in [3.63, 3.8) is 0 Å². The molecule has 2 rings (SSSR count). The Morgan fingerprint density at radius 1 is 1.37 bits per heavy atom. The minimum atomic E-state index is -1.28. The number of carboxylic acids is 1. The van der Waals surface area contributed by atoms with E-state index in [9.17, 15) is 9.18 Å². The SMILES string of the molecule is O=C(O)c1cc(SCc2cc(Cl)ccn2)ccc1F. The van der Waals surface area contributed by atoms with Crippen LogP contribution in [0.4, 0.5) is 4.39 Å². The molecule has 1 N–H and O–H groups in total. The van der Waals surface area contributed by atoms with Gasteiger partial charge in [-0.15, -0.1) is 11.8 Å². The zero-order valence-corrected chi connectivity index (χ0v) is 11.2. The van der Waals surface area contributed by atoms with Gasteiger partial charge in [0.1, 0.15) is 5.82 Å². The van der Waals surface area contributed by atoms with Crippen molar-refractivity contribution in [2.45, 2.75) is 10.6 Å². The summed E-state index contributed by atoms with van der Waals surface area (Å²) in [4.78, 5) is 15.6. The number of aromatic carboxylic acids is 1. The van der Waals surface area contributed by atoms with Gasteiger partial charge < -0.3 is 5.11 Å². The number of carbonyl (C=O) groups is 1. The highest BCUT2D eigenvalue weighted by Gasteiger charge is 2.11. The summed E-state index contributed by atoms with van der Waals surface area (Å²) in [6.45, 7) is 0. The van der Waals surface area contributed by atoms with Gasteiger partial charge in [0.2, 0.25) is 0 Å². The first-order chi connectivity index (χ1) is 9.06. The maximum absolute atomic E-state index is 13.2. The Kier molecular flexibility index (Phi) is 4.39. The molecule has 0 amide bonds. The predicted octanol–water partition coefficient (Wildman–Crippen LogP) is 3.86. The number of thioether (sulfide) groups is 1. The van der Waals surface area contributed by atoms with Gasteiger partial charge in [-0.1, -0.05) is 11.6 Å². The van der Waals surface area contributed by atoms with Crippen LogP contribution < -0.4 is 0 Å². The van der Waals surface area contributed by atoms with Crippen LogP contribution in [0.3, 0.4) is 0 Å². The van der Waals surface area contributed by atoms with Crippen LogP contribution in [0.5, 0.6) is 0 Å². The van der Waals surface area contributed by atoms with E-state index in [1.54, 1.807) is 18.3 Å². The van der Waals surface area contributed by atoms with Crippen molar-refractivity contribution >= 4 is 29.3 Å². The van der Waals surface area contributed by atoms with E-state index in [2.05, 4.69) is 4.98 Å². The Bertz CT molecular complexity index is 621. The Morgan fingerprint density at radius 3 is 2.84 bits per heavy atom. The number of hydrogen-bond acceptors (Lipinski definition) is 3. The lowest BCUT2D eigenvalue weighted by atomic mass is 10.2. The fourth-order valence-corrected chi connectivity index (χ4v) is 2.46. The van der Waals surface area contributed by atoms with Gasteiger partial charge in [-0.25, -0.2) is 9.18 Å². The van der Waals surface area contributed by atoms with Gasteiger partial charge >= 0.3 is 5.97 Å². The molecule has 2 aromatic rings. The van der Waals surface area contributed by atoms with Crippen LogP contribution in [-0.2, 0) is 5.75 Å². The molecule has 0 radical (unpaired) electrons. The summed E-state index contributed by atoms with van der Waals surface area (Å²) in [6, 6.07) is 7.41. The van der Waals surface area contributed by atoms with Gasteiger partial charge in [0.25, 0.3) is 0 Å². The molecule has 0 atom stereocenters. The van der Waals surface area contributed by atoms with E-state index in [-0.39, 0.29) is 5.56 Å². The van der Waals surface area contributed by atoms with Crippen LogP contribution in [0.25, 0.3) is 0 Å². The van der Waals surface area contributed by atoms with E-state index in [1.165, 1.54) is 23.9 Å². The third kappa shape index (κ3) is 3.68. The molecule has 0 aliphatic rings. The monoisotopic (exact) mass is 297 g/mol. The van der Waals surface area contributed by atoms with E-state index in [4.69, 9.17) is 16.7 Å². The van der Waals surface area contributed by atoms with Crippen LogP contribution in [-0.4, -0.2) is 16.1 Å². The number of halogens is 2. The first kappa shape index (κ1) is 13.8. The van der Waals surface area contributed by atoms with Crippen LogP contribution in [0, 0.1) is 5.82 Å². The van der Waals surface area contributed by atoms with E-state index in [1.807, 2.05) is 0 Å². The Balaban J connectivity index is 2.12. The second kappa shape index (κ2) is 6.04. The minimum Gasteiger partial charge on any atom is -0.478 e. The lowest BCUT2D eigenvalue weighted by molar-refractivity contribution is 0.0691. The molecule has 19 heavy (non-hydrogen) atoms. The molecule has 0 unspecified atom stereocenters. The Hall–Kier alpha value is -1.59. The molecule has 98 valence electrons. The average Bonchev–Trinajstić information content (AvgIpc) is 2.37. The van der Waals surface area contributed by atoms with Crippen molar-refractivity contribution in [2.75, 3.05) is 0 Å². The third-order valence-electron chi connectivity index (χ3n) is 2.33. The molecule has 0 fully saturated rings. The standard InChI is InChI=1S/C13H9ClFNO2S/c14-8-3-4-16-9(5-8)7-19-10-1-2-12(15)11(6-10)13(17)18/h1-6H,7H2,(H,17,18). The molecule has 1 aromatic carbocycles. The number of benzene rings is 1. The van der Waals surface area contributed by atoms with Crippen molar-refractivity contribution < 1.29 is 14.3 Å². The fraction of sp³-hybridized carbons (Fsp3) is 0.0769. The number of carboxylic acid groups (broad SMARTS) is 1. The lowest BCUT2D eigenvalue weighted by Crippen LogP contribution is -2.00. The minimum absolute atomic E-state index is 0.330. The van der Waals surface area contributed by atoms with Crippen molar-refractivity contribution in [1.29, 1.82) is 0 Å². The van der Waals surface area contributed by atoms with Crippen LogP contribution in [0.15, 0.2) is 41.4 Å². The number of nitrogens with zero attached hydrogens (tertiary/aromatic N) is 1. The Morgan fingerprint density at radius 2 is 2.16 bits per heavy atom. The third-order valence-corrected chi connectivity index (χ3v) is 3.60. The molecule has 6 heteroatoms. The molecular weight excluding hydrogens is 289 g/mol. The Labute approximate surface area is 118 Å². The number of pyridine rings is 1. The van der Waals surface area contributed by atoms with E-state index in [0.717, 1.165) is 11.8 Å². The highest BCUT2D eigenvalue weighted by molar-refractivity contribution is 7.98. The highest BCUT2D eigenvalue weighted by Crippen LogP contribution is 2.25. The summed E-state index contributed by atoms with van der Waals surface area (Å²) in [5, 5.41) is 9.43. The van der Waals surface area contributed by atoms with E-state index < -0.39 is 11.8 Å². The first-order valence-corrected chi connectivity index (χ1v) is 6.68. The second-order valence-electron chi connectivity index (χ2n) is 3.70. The predicted molar refractivity (Wildman–Crippen MR) is 72.2 cm³/mol. The largest absolute Gasteiger partial charge is 0.478 e. The van der Waals surface area contributed by atoms with Gasteiger partial charge in [-0.05, 0) is 30.3 Å².